The number of anilines is 2. The predicted octanol–water partition coefficient (Wildman–Crippen LogP) is 3.25. The lowest BCUT2D eigenvalue weighted by Gasteiger charge is -2.21. The van der Waals surface area contributed by atoms with E-state index in [9.17, 15) is 4.79 Å². The SMILES string of the molecule is CC(Nc1ncnc(N)c1C#C/C(N)=C/C=C\N)c1nc2cccc(Cl)c2c(=O)n1-c1ccccc1. The van der Waals surface area contributed by atoms with Crippen molar-refractivity contribution in [3.8, 4) is 17.5 Å². The Bertz CT molecular complexity index is 1600. The molecule has 0 amide bonds. The van der Waals surface area contributed by atoms with Crippen molar-refractivity contribution < 1.29 is 0 Å². The molecule has 0 radical (unpaired) electrons. The van der Waals surface area contributed by atoms with Gasteiger partial charge in [0.15, 0.2) is 0 Å². The van der Waals surface area contributed by atoms with E-state index >= 15 is 0 Å². The summed E-state index contributed by atoms with van der Waals surface area (Å²) in [5.74, 6) is 6.69. The molecule has 0 aliphatic heterocycles. The summed E-state index contributed by atoms with van der Waals surface area (Å²) in [6, 6.07) is 13.9. The van der Waals surface area contributed by atoms with Crippen LogP contribution >= 0.6 is 11.6 Å². The number of nitrogen functional groups attached to an aromatic ring is 1. The van der Waals surface area contributed by atoms with Crippen LogP contribution in [0, 0.1) is 11.8 Å². The van der Waals surface area contributed by atoms with Crippen LogP contribution in [0.25, 0.3) is 16.6 Å². The molecule has 0 aliphatic carbocycles. The number of hydrogen-bond acceptors (Lipinski definition) is 8. The highest BCUT2D eigenvalue weighted by atomic mass is 35.5. The fourth-order valence-corrected chi connectivity index (χ4v) is 3.81. The van der Waals surface area contributed by atoms with Gasteiger partial charge in [-0.25, -0.2) is 15.0 Å². The average molecular weight is 499 g/mol. The van der Waals surface area contributed by atoms with E-state index in [1.807, 2.05) is 37.3 Å². The molecule has 4 rings (SSSR count). The zero-order valence-electron chi connectivity index (χ0n) is 19.3. The molecular formula is C26H23ClN8O. The van der Waals surface area contributed by atoms with E-state index in [-0.39, 0.29) is 17.1 Å². The monoisotopic (exact) mass is 498 g/mol. The molecule has 10 heteroatoms. The van der Waals surface area contributed by atoms with Gasteiger partial charge < -0.3 is 22.5 Å². The van der Waals surface area contributed by atoms with Gasteiger partial charge in [-0.05, 0) is 55.5 Å². The molecule has 9 nitrogen and oxygen atoms in total. The number of fused-ring (bicyclic) bond motifs is 1. The maximum Gasteiger partial charge on any atom is 0.267 e. The number of para-hydroxylation sites is 1. The topological polar surface area (TPSA) is 151 Å². The van der Waals surface area contributed by atoms with Crippen molar-refractivity contribution >= 4 is 34.1 Å². The number of hydrogen-bond donors (Lipinski definition) is 4. The first-order chi connectivity index (χ1) is 17.4. The normalized spacial score (nSPS) is 12.3. The second kappa shape index (κ2) is 10.6. The highest BCUT2D eigenvalue weighted by Crippen LogP contribution is 2.26. The molecule has 2 aromatic carbocycles. The lowest BCUT2D eigenvalue weighted by molar-refractivity contribution is 0.730. The molecule has 2 heterocycles. The molecule has 1 atom stereocenters. The summed E-state index contributed by atoms with van der Waals surface area (Å²) in [4.78, 5) is 26.8. The molecule has 0 bridgehead atoms. The molecule has 0 spiro atoms. The summed E-state index contributed by atoms with van der Waals surface area (Å²) in [6.07, 6.45) is 5.80. The average Bonchev–Trinajstić information content (AvgIpc) is 2.87. The van der Waals surface area contributed by atoms with Gasteiger partial charge >= 0.3 is 0 Å². The molecule has 0 saturated carbocycles. The van der Waals surface area contributed by atoms with Crippen LogP contribution in [0.3, 0.4) is 0 Å². The zero-order valence-corrected chi connectivity index (χ0v) is 20.1. The Hall–Kier alpha value is -4.81. The molecule has 0 aliphatic rings. The molecule has 2 aromatic heterocycles. The fourth-order valence-electron chi connectivity index (χ4n) is 3.56. The van der Waals surface area contributed by atoms with E-state index in [0.29, 0.717) is 38.8 Å². The van der Waals surface area contributed by atoms with Crippen molar-refractivity contribution in [3.63, 3.8) is 0 Å². The number of allylic oxidation sites excluding steroid dienone is 3. The van der Waals surface area contributed by atoms with Crippen molar-refractivity contribution in [2.24, 2.45) is 11.5 Å². The van der Waals surface area contributed by atoms with E-state index in [1.54, 1.807) is 30.4 Å². The Morgan fingerprint density at radius 3 is 2.69 bits per heavy atom. The van der Waals surface area contributed by atoms with Gasteiger partial charge in [0.25, 0.3) is 5.56 Å². The Balaban J connectivity index is 1.84. The van der Waals surface area contributed by atoms with Gasteiger partial charge in [-0.3, -0.25) is 9.36 Å². The van der Waals surface area contributed by atoms with Crippen LogP contribution in [0.15, 0.2) is 83.7 Å². The third-order valence-corrected chi connectivity index (χ3v) is 5.54. The fraction of sp³-hybridized carbons (Fsp3) is 0.0769. The summed E-state index contributed by atoms with van der Waals surface area (Å²) in [5, 5.41) is 3.94. The standard InChI is InChI=1S/C26H23ClN8O/c1-16(33-24-19(23(30)31-15-32-24)13-12-17(29)7-6-14-28)25-34-21-11-5-10-20(27)22(21)26(36)35(25)18-8-3-2-4-9-18/h2-11,14-16H,28-29H2,1H3,(H3,30,31,32,33)/b14-6-,17-7-. The quantitative estimate of drug-likeness (QED) is 0.242. The molecule has 7 N–H and O–H groups in total. The largest absolute Gasteiger partial charge is 0.405 e. The number of nitrogens with two attached hydrogens (primary N) is 3. The van der Waals surface area contributed by atoms with Crippen LogP contribution in [0.1, 0.15) is 24.4 Å². The van der Waals surface area contributed by atoms with Crippen molar-refractivity contribution in [1.82, 2.24) is 19.5 Å². The van der Waals surface area contributed by atoms with Crippen LogP contribution in [0.2, 0.25) is 5.02 Å². The third-order valence-electron chi connectivity index (χ3n) is 5.22. The first kappa shape index (κ1) is 24.3. The molecule has 1 unspecified atom stereocenters. The van der Waals surface area contributed by atoms with Crippen molar-refractivity contribution in [2.75, 3.05) is 11.1 Å². The van der Waals surface area contributed by atoms with Gasteiger partial charge in [0.1, 0.15) is 29.4 Å². The van der Waals surface area contributed by atoms with Gasteiger partial charge in [0, 0.05) is 0 Å². The van der Waals surface area contributed by atoms with Gasteiger partial charge in [-0.15, -0.1) is 0 Å². The maximum absolute atomic E-state index is 13.6. The second-order valence-corrected chi connectivity index (χ2v) is 8.09. The Morgan fingerprint density at radius 1 is 1.17 bits per heavy atom. The van der Waals surface area contributed by atoms with Crippen LogP contribution in [-0.2, 0) is 0 Å². The number of benzene rings is 2. The lowest BCUT2D eigenvalue weighted by Crippen LogP contribution is -2.27. The number of nitrogens with one attached hydrogen (secondary N) is 1. The van der Waals surface area contributed by atoms with Crippen molar-refractivity contribution in [2.45, 2.75) is 13.0 Å². The molecule has 0 fully saturated rings. The van der Waals surface area contributed by atoms with Crippen molar-refractivity contribution in [3.05, 3.63) is 106 Å². The predicted molar refractivity (Wildman–Crippen MR) is 143 cm³/mol. The molecular weight excluding hydrogens is 476 g/mol. The summed E-state index contributed by atoms with van der Waals surface area (Å²) < 4.78 is 1.53. The van der Waals surface area contributed by atoms with E-state index in [2.05, 4.69) is 27.1 Å². The minimum absolute atomic E-state index is 0.174. The van der Waals surface area contributed by atoms with Gasteiger partial charge in [-0.2, -0.15) is 0 Å². The van der Waals surface area contributed by atoms with E-state index in [1.165, 1.54) is 17.1 Å². The zero-order chi connectivity index (χ0) is 25.7. The Kier molecular flexibility index (Phi) is 7.18. The molecule has 180 valence electrons. The van der Waals surface area contributed by atoms with Gasteiger partial charge in [0.05, 0.1) is 33.4 Å². The second-order valence-electron chi connectivity index (χ2n) is 7.69. The number of rotatable bonds is 5. The lowest BCUT2D eigenvalue weighted by atomic mass is 10.2. The first-order valence-electron chi connectivity index (χ1n) is 10.9. The van der Waals surface area contributed by atoms with Crippen molar-refractivity contribution in [1.29, 1.82) is 0 Å². The Labute approximate surface area is 212 Å². The van der Waals surface area contributed by atoms with Crippen LogP contribution in [-0.4, -0.2) is 19.5 Å². The van der Waals surface area contributed by atoms with E-state index in [4.69, 9.17) is 33.8 Å². The summed E-state index contributed by atoms with van der Waals surface area (Å²) in [7, 11) is 0. The molecule has 36 heavy (non-hydrogen) atoms. The smallest absolute Gasteiger partial charge is 0.267 e. The minimum Gasteiger partial charge on any atom is -0.405 e. The maximum atomic E-state index is 13.6. The summed E-state index contributed by atoms with van der Waals surface area (Å²) in [6.45, 7) is 1.85. The van der Waals surface area contributed by atoms with Crippen LogP contribution < -0.4 is 28.1 Å². The number of halogens is 1. The molecule has 0 saturated heterocycles. The van der Waals surface area contributed by atoms with E-state index in [0.717, 1.165) is 0 Å². The number of aromatic nitrogens is 4. The highest BCUT2D eigenvalue weighted by molar-refractivity contribution is 6.35. The van der Waals surface area contributed by atoms with E-state index < -0.39 is 6.04 Å². The minimum atomic E-state index is -0.496. The first-order valence-corrected chi connectivity index (χ1v) is 11.3. The molecule has 4 aromatic rings. The van der Waals surface area contributed by atoms with Gasteiger partial charge in [0.2, 0.25) is 0 Å². The highest BCUT2D eigenvalue weighted by Gasteiger charge is 2.21. The summed E-state index contributed by atoms with van der Waals surface area (Å²) in [5.41, 5.74) is 18.8. The van der Waals surface area contributed by atoms with Crippen LogP contribution in [0.4, 0.5) is 11.6 Å². The van der Waals surface area contributed by atoms with Gasteiger partial charge in [-0.1, -0.05) is 41.8 Å². The Morgan fingerprint density at radius 2 is 1.94 bits per heavy atom. The number of nitrogens with zero attached hydrogens (tertiary/aromatic N) is 4. The summed E-state index contributed by atoms with van der Waals surface area (Å²) >= 11 is 6.37. The van der Waals surface area contributed by atoms with Crippen LogP contribution in [0.5, 0.6) is 0 Å². The third kappa shape index (κ3) is 4.99.